The molecule has 0 aliphatic carbocycles. The largest absolute Gasteiger partial charge is 0.507 e. The summed E-state index contributed by atoms with van der Waals surface area (Å²) in [7, 11) is 0. The van der Waals surface area contributed by atoms with Crippen molar-refractivity contribution in [3.63, 3.8) is 0 Å². The SMILES string of the molecule is O=C1CN(C(=O)c2cc(-c3ccccc3)nn2-c2ccccc2)CCCCNC(=O)c2cccc(c2)-c2cc(ccc2O)CCN1. The predicted octanol–water partition coefficient (Wildman–Crippen LogP) is 5.24. The number of hydrogen-bond donors (Lipinski definition) is 3. The Bertz CT molecular complexity index is 1850. The van der Waals surface area contributed by atoms with E-state index < -0.39 is 0 Å². The lowest BCUT2D eigenvalue weighted by Gasteiger charge is -2.23. The van der Waals surface area contributed by atoms with Gasteiger partial charge in [-0.1, -0.05) is 66.7 Å². The summed E-state index contributed by atoms with van der Waals surface area (Å²) in [4.78, 5) is 41.9. The third-order valence-electron chi connectivity index (χ3n) is 7.99. The monoisotopic (exact) mass is 613 g/mol. The predicted molar refractivity (Wildman–Crippen MR) is 177 cm³/mol. The van der Waals surface area contributed by atoms with E-state index in [9.17, 15) is 19.5 Å². The smallest absolute Gasteiger partial charge is 0.273 e. The highest BCUT2D eigenvalue weighted by Crippen LogP contribution is 2.31. The van der Waals surface area contributed by atoms with Gasteiger partial charge in [0.25, 0.3) is 11.8 Å². The number of nitrogens with one attached hydrogen (secondary N) is 2. The molecule has 6 rings (SSSR count). The van der Waals surface area contributed by atoms with Gasteiger partial charge in [0.05, 0.1) is 17.9 Å². The zero-order valence-electron chi connectivity index (χ0n) is 25.4. The van der Waals surface area contributed by atoms with Crippen LogP contribution in [0.2, 0.25) is 0 Å². The minimum atomic E-state index is -0.313. The molecule has 1 aliphatic rings. The lowest BCUT2D eigenvalue weighted by molar-refractivity contribution is -0.121. The van der Waals surface area contributed by atoms with Crippen LogP contribution in [-0.4, -0.2) is 63.7 Å². The van der Waals surface area contributed by atoms with Crippen LogP contribution < -0.4 is 10.6 Å². The summed E-state index contributed by atoms with van der Waals surface area (Å²) in [5, 5.41) is 21.3. The highest BCUT2D eigenvalue weighted by Gasteiger charge is 2.25. The summed E-state index contributed by atoms with van der Waals surface area (Å²) in [6.07, 6.45) is 1.70. The number of aromatic hydroxyl groups is 1. The van der Waals surface area contributed by atoms with Crippen LogP contribution in [-0.2, 0) is 11.2 Å². The first-order valence-corrected chi connectivity index (χ1v) is 15.4. The molecule has 9 heteroatoms. The van der Waals surface area contributed by atoms with E-state index in [0.717, 1.165) is 22.4 Å². The summed E-state index contributed by atoms with van der Waals surface area (Å²) >= 11 is 0. The van der Waals surface area contributed by atoms with Gasteiger partial charge in [-0.3, -0.25) is 14.4 Å². The average molecular weight is 614 g/mol. The second-order valence-corrected chi connectivity index (χ2v) is 11.3. The molecule has 232 valence electrons. The highest BCUT2D eigenvalue weighted by molar-refractivity contribution is 5.97. The number of rotatable bonds is 3. The van der Waals surface area contributed by atoms with Gasteiger partial charge in [-0.2, -0.15) is 5.10 Å². The van der Waals surface area contributed by atoms with Crippen molar-refractivity contribution in [2.24, 2.45) is 0 Å². The Balaban J connectivity index is 1.27. The van der Waals surface area contributed by atoms with Crippen molar-refractivity contribution in [3.05, 3.63) is 126 Å². The quantitative estimate of drug-likeness (QED) is 0.258. The fourth-order valence-electron chi connectivity index (χ4n) is 5.57. The maximum atomic E-state index is 14.2. The molecule has 0 radical (unpaired) electrons. The fourth-order valence-corrected chi connectivity index (χ4v) is 5.57. The molecule has 0 fully saturated rings. The standard InChI is InChI=1S/C37H35N5O4/c43-34-17-16-26-18-20-38-35(44)25-41(21-8-7-19-39-36(45)29-13-9-12-28(23-29)31(34)22-26)37(46)33-24-32(27-10-3-1-4-11-27)40-42(33)30-14-5-2-6-15-30/h1-6,9-17,22-24,43H,7-8,18-21,25H2,(H,38,44)(H,39,45). The van der Waals surface area contributed by atoms with E-state index in [0.29, 0.717) is 61.4 Å². The van der Waals surface area contributed by atoms with Crippen LogP contribution in [0.25, 0.3) is 28.1 Å². The molecule has 4 bridgehead atoms. The van der Waals surface area contributed by atoms with E-state index in [4.69, 9.17) is 5.10 Å². The van der Waals surface area contributed by atoms with E-state index >= 15 is 0 Å². The molecule has 0 atom stereocenters. The fraction of sp³-hybridized carbons (Fsp3) is 0.189. The molecule has 0 saturated carbocycles. The Hall–Kier alpha value is -5.70. The second kappa shape index (κ2) is 13.9. The first-order valence-electron chi connectivity index (χ1n) is 15.4. The number of para-hydroxylation sites is 1. The Morgan fingerprint density at radius 3 is 2.28 bits per heavy atom. The van der Waals surface area contributed by atoms with Gasteiger partial charge in [0.1, 0.15) is 11.4 Å². The van der Waals surface area contributed by atoms with Crippen LogP contribution in [0.1, 0.15) is 39.3 Å². The summed E-state index contributed by atoms with van der Waals surface area (Å²) in [6, 6.07) is 33.3. The minimum Gasteiger partial charge on any atom is -0.507 e. The van der Waals surface area contributed by atoms with Crippen LogP contribution in [0, 0.1) is 0 Å². The Morgan fingerprint density at radius 1 is 0.739 bits per heavy atom. The molecule has 46 heavy (non-hydrogen) atoms. The van der Waals surface area contributed by atoms with Gasteiger partial charge in [-0.25, -0.2) is 4.68 Å². The number of benzene rings is 4. The summed E-state index contributed by atoms with van der Waals surface area (Å²) in [5.74, 6) is -0.694. The first-order chi connectivity index (χ1) is 22.5. The first kappa shape index (κ1) is 30.3. The van der Waals surface area contributed by atoms with Crippen LogP contribution >= 0.6 is 0 Å². The Kier molecular flexibility index (Phi) is 9.19. The number of nitrogens with zero attached hydrogens (tertiary/aromatic N) is 3. The molecular formula is C37H35N5O4. The Morgan fingerprint density at radius 2 is 1.48 bits per heavy atom. The average Bonchev–Trinajstić information content (AvgIpc) is 3.54. The normalized spacial score (nSPS) is 14.5. The van der Waals surface area contributed by atoms with Crippen molar-refractivity contribution >= 4 is 17.7 Å². The number of aromatic nitrogens is 2. The summed E-state index contributed by atoms with van der Waals surface area (Å²) < 4.78 is 1.63. The van der Waals surface area contributed by atoms with Crippen LogP contribution in [0.5, 0.6) is 5.75 Å². The van der Waals surface area contributed by atoms with Crippen molar-refractivity contribution in [3.8, 4) is 33.8 Å². The van der Waals surface area contributed by atoms with Crippen molar-refractivity contribution in [2.75, 3.05) is 26.2 Å². The number of carbonyl (C=O) groups is 3. The van der Waals surface area contributed by atoms with Gasteiger partial charge in [-0.05, 0) is 72.9 Å². The van der Waals surface area contributed by atoms with E-state index in [1.54, 1.807) is 39.9 Å². The molecular weight excluding hydrogens is 578 g/mol. The number of fused-ring (bicyclic) bond motifs is 5. The molecule has 0 unspecified atom stereocenters. The van der Waals surface area contributed by atoms with Gasteiger partial charge in [0, 0.05) is 36.3 Å². The number of carbonyl (C=O) groups excluding carboxylic acids is 3. The van der Waals surface area contributed by atoms with Gasteiger partial charge in [-0.15, -0.1) is 0 Å². The number of amides is 3. The zero-order chi connectivity index (χ0) is 31.9. The van der Waals surface area contributed by atoms with Crippen molar-refractivity contribution in [2.45, 2.75) is 19.3 Å². The summed E-state index contributed by atoms with van der Waals surface area (Å²) in [6.45, 7) is 0.947. The Labute approximate surface area is 267 Å². The van der Waals surface area contributed by atoms with Crippen LogP contribution in [0.15, 0.2) is 109 Å². The van der Waals surface area contributed by atoms with Crippen molar-refractivity contribution in [1.82, 2.24) is 25.3 Å². The van der Waals surface area contributed by atoms with Crippen LogP contribution in [0.4, 0.5) is 0 Å². The third-order valence-corrected chi connectivity index (χ3v) is 7.99. The van der Waals surface area contributed by atoms with Gasteiger partial charge in [0.2, 0.25) is 5.91 Å². The molecule has 2 heterocycles. The maximum Gasteiger partial charge on any atom is 0.273 e. The molecule has 1 aromatic heterocycles. The second-order valence-electron chi connectivity index (χ2n) is 11.3. The molecule has 4 aromatic carbocycles. The number of phenols is 1. The van der Waals surface area contributed by atoms with Gasteiger partial charge >= 0.3 is 0 Å². The van der Waals surface area contributed by atoms with E-state index in [2.05, 4.69) is 10.6 Å². The van der Waals surface area contributed by atoms with E-state index in [1.165, 1.54) is 0 Å². The summed E-state index contributed by atoms with van der Waals surface area (Å²) in [5.41, 5.74) is 5.37. The molecule has 9 nitrogen and oxygen atoms in total. The highest BCUT2D eigenvalue weighted by atomic mass is 16.3. The molecule has 3 N–H and O–H groups in total. The third kappa shape index (κ3) is 6.99. The minimum absolute atomic E-state index is 0.110. The van der Waals surface area contributed by atoms with E-state index in [1.807, 2.05) is 78.9 Å². The van der Waals surface area contributed by atoms with Gasteiger partial charge < -0.3 is 20.6 Å². The van der Waals surface area contributed by atoms with E-state index in [-0.39, 0.29) is 30.0 Å². The topological polar surface area (TPSA) is 117 Å². The lowest BCUT2D eigenvalue weighted by Crippen LogP contribution is -2.42. The number of hydrogen-bond acceptors (Lipinski definition) is 5. The van der Waals surface area contributed by atoms with Gasteiger partial charge in [0.15, 0.2) is 0 Å². The molecule has 5 aromatic rings. The van der Waals surface area contributed by atoms with Crippen molar-refractivity contribution in [1.29, 1.82) is 0 Å². The lowest BCUT2D eigenvalue weighted by atomic mass is 9.98. The molecule has 3 amide bonds. The molecule has 1 aliphatic heterocycles. The van der Waals surface area contributed by atoms with Crippen LogP contribution in [0.3, 0.4) is 0 Å². The maximum absolute atomic E-state index is 14.2. The zero-order valence-corrected chi connectivity index (χ0v) is 25.4. The van der Waals surface area contributed by atoms with Crippen molar-refractivity contribution < 1.29 is 19.5 Å². The molecule has 0 saturated heterocycles. The molecule has 0 spiro atoms. The number of phenolic OH excluding ortho intramolecular Hbond substituents is 1.